The molecule has 4 aromatic rings. The van der Waals surface area contributed by atoms with Gasteiger partial charge < -0.3 is 25.0 Å². The molecule has 2 heterocycles. The van der Waals surface area contributed by atoms with Crippen LogP contribution in [0.25, 0.3) is 11.0 Å². The van der Waals surface area contributed by atoms with Crippen LogP contribution in [0.4, 0.5) is 23.0 Å². The van der Waals surface area contributed by atoms with Crippen molar-refractivity contribution < 1.29 is 27.5 Å². The fraction of sp³-hybridized carbons (Fsp3) is 0.290. The van der Waals surface area contributed by atoms with Crippen LogP contribution in [0.3, 0.4) is 0 Å². The molecule has 0 aliphatic carbocycles. The maximum absolute atomic E-state index is 13.6. The van der Waals surface area contributed by atoms with Gasteiger partial charge in [-0.15, -0.1) is 0 Å². The molecule has 5 rings (SSSR count). The molecule has 0 radical (unpaired) electrons. The van der Waals surface area contributed by atoms with E-state index in [0.29, 0.717) is 47.0 Å². The molecular weight excluding hydrogens is 584 g/mol. The summed E-state index contributed by atoms with van der Waals surface area (Å²) in [5.74, 6) is 1.19. The standard InChI is InChI=1S/C31H34N6O6S/c1-20(38)37-13-11-21(12-14-37)15-29(39)32-22-7-6-8-26(18-22)44(40,41)36-31-30(34-27-9-4-5-10-28(27)35-31)33-23-16-24(42-2)19-25(17-23)43-3/h4-10,16-19,21H,11-15H2,1-3H3,(H,32,39)(H,33,34)(H,35,36). The van der Waals surface area contributed by atoms with Crippen LogP contribution in [0.5, 0.6) is 11.5 Å². The number of methoxy groups -OCH3 is 2. The Morgan fingerprint density at radius 2 is 1.50 bits per heavy atom. The first kappa shape index (κ1) is 30.5. The molecule has 0 saturated carbocycles. The Labute approximate surface area is 255 Å². The van der Waals surface area contributed by atoms with Crippen LogP contribution in [0.15, 0.2) is 71.6 Å². The molecule has 1 aliphatic rings. The third-order valence-electron chi connectivity index (χ3n) is 7.38. The predicted molar refractivity (Wildman–Crippen MR) is 168 cm³/mol. The number of amides is 2. The Hall–Kier alpha value is -4.91. The van der Waals surface area contributed by atoms with Crippen LogP contribution in [-0.2, 0) is 19.6 Å². The molecule has 12 nitrogen and oxygen atoms in total. The van der Waals surface area contributed by atoms with Crippen molar-refractivity contribution in [2.24, 2.45) is 5.92 Å². The monoisotopic (exact) mass is 618 g/mol. The van der Waals surface area contributed by atoms with E-state index >= 15 is 0 Å². The second-order valence-electron chi connectivity index (χ2n) is 10.5. The Balaban J connectivity index is 1.36. The van der Waals surface area contributed by atoms with Crippen LogP contribution in [0.2, 0.25) is 0 Å². The van der Waals surface area contributed by atoms with Gasteiger partial charge in [-0.3, -0.25) is 14.3 Å². The molecule has 44 heavy (non-hydrogen) atoms. The summed E-state index contributed by atoms with van der Waals surface area (Å²) in [6, 6.07) is 18.3. The summed E-state index contributed by atoms with van der Waals surface area (Å²) in [6.45, 7) is 2.81. The highest BCUT2D eigenvalue weighted by Gasteiger charge is 2.24. The summed E-state index contributed by atoms with van der Waals surface area (Å²) in [5.41, 5.74) is 1.95. The quantitative estimate of drug-likeness (QED) is 0.228. The van der Waals surface area contributed by atoms with Crippen molar-refractivity contribution in [2.75, 3.05) is 42.7 Å². The molecule has 1 saturated heterocycles. The average molecular weight is 619 g/mol. The van der Waals surface area contributed by atoms with E-state index in [0.717, 1.165) is 12.8 Å². The number of aromatic nitrogens is 2. The van der Waals surface area contributed by atoms with E-state index in [1.165, 1.54) is 26.4 Å². The van der Waals surface area contributed by atoms with E-state index in [9.17, 15) is 18.0 Å². The molecule has 13 heteroatoms. The number of carbonyl (C=O) groups is 2. The van der Waals surface area contributed by atoms with E-state index in [1.807, 2.05) is 6.07 Å². The van der Waals surface area contributed by atoms with Gasteiger partial charge in [-0.25, -0.2) is 18.4 Å². The maximum atomic E-state index is 13.6. The molecule has 1 aliphatic heterocycles. The van der Waals surface area contributed by atoms with Gasteiger partial charge in [0.05, 0.1) is 30.1 Å². The minimum absolute atomic E-state index is 0.0168. The number of rotatable bonds is 10. The topological polar surface area (TPSA) is 152 Å². The van der Waals surface area contributed by atoms with E-state index in [2.05, 4.69) is 25.3 Å². The minimum atomic E-state index is -4.15. The normalized spacial score (nSPS) is 13.8. The van der Waals surface area contributed by atoms with Crippen molar-refractivity contribution in [1.82, 2.24) is 14.9 Å². The second-order valence-corrected chi connectivity index (χ2v) is 12.2. The summed E-state index contributed by atoms with van der Waals surface area (Å²) in [6.07, 6.45) is 1.78. The van der Waals surface area contributed by atoms with Gasteiger partial charge in [-0.1, -0.05) is 18.2 Å². The number of benzene rings is 3. The average Bonchev–Trinajstić information content (AvgIpc) is 3.01. The van der Waals surface area contributed by atoms with Gasteiger partial charge in [0.15, 0.2) is 11.6 Å². The van der Waals surface area contributed by atoms with Crippen molar-refractivity contribution in [3.05, 3.63) is 66.7 Å². The summed E-state index contributed by atoms with van der Waals surface area (Å²) >= 11 is 0. The molecule has 1 fully saturated rings. The van der Waals surface area contributed by atoms with Crippen LogP contribution >= 0.6 is 0 Å². The lowest BCUT2D eigenvalue weighted by atomic mass is 9.93. The second kappa shape index (κ2) is 13.2. The van der Waals surface area contributed by atoms with Crippen molar-refractivity contribution in [3.63, 3.8) is 0 Å². The Bertz CT molecular complexity index is 1770. The lowest BCUT2D eigenvalue weighted by Crippen LogP contribution is -2.37. The van der Waals surface area contributed by atoms with Gasteiger partial charge in [-0.2, -0.15) is 0 Å². The number of para-hydroxylation sites is 2. The van der Waals surface area contributed by atoms with Crippen molar-refractivity contribution >= 4 is 55.9 Å². The lowest BCUT2D eigenvalue weighted by Gasteiger charge is -2.30. The SMILES string of the molecule is COc1cc(Nc2nc3ccccc3nc2NS(=O)(=O)c2cccc(NC(=O)CC3CCN(C(C)=O)CC3)c2)cc(OC)c1. The van der Waals surface area contributed by atoms with Crippen molar-refractivity contribution in [1.29, 1.82) is 0 Å². The van der Waals surface area contributed by atoms with Crippen LogP contribution in [0, 0.1) is 5.92 Å². The molecule has 3 aromatic carbocycles. The van der Waals surface area contributed by atoms with E-state index in [-0.39, 0.29) is 40.7 Å². The number of nitrogens with zero attached hydrogens (tertiary/aromatic N) is 3. The van der Waals surface area contributed by atoms with Gasteiger partial charge in [0.1, 0.15) is 11.5 Å². The number of nitrogens with one attached hydrogen (secondary N) is 3. The number of anilines is 4. The molecule has 0 spiro atoms. The fourth-order valence-electron chi connectivity index (χ4n) is 5.03. The zero-order chi connectivity index (χ0) is 31.3. The molecule has 3 N–H and O–H groups in total. The van der Waals surface area contributed by atoms with Gasteiger partial charge in [-0.05, 0) is 49.1 Å². The molecule has 0 bridgehead atoms. The van der Waals surface area contributed by atoms with Gasteiger partial charge in [0, 0.05) is 56.0 Å². The van der Waals surface area contributed by atoms with E-state index in [1.54, 1.807) is 60.4 Å². The van der Waals surface area contributed by atoms with Gasteiger partial charge >= 0.3 is 0 Å². The highest BCUT2D eigenvalue weighted by atomic mass is 32.2. The maximum Gasteiger partial charge on any atom is 0.263 e. The first-order valence-electron chi connectivity index (χ1n) is 14.1. The number of sulfonamides is 1. The fourth-order valence-corrected chi connectivity index (χ4v) is 6.08. The molecule has 230 valence electrons. The molecular formula is C31H34N6O6S. The Morgan fingerprint density at radius 1 is 0.864 bits per heavy atom. The summed E-state index contributed by atoms with van der Waals surface area (Å²) < 4.78 is 40.5. The smallest absolute Gasteiger partial charge is 0.263 e. The van der Waals surface area contributed by atoms with Crippen LogP contribution < -0.4 is 24.8 Å². The third kappa shape index (κ3) is 7.35. The number of hydrogen-bond donors (Lipinski definition) is 3. The van der Waals surface area contributed by atoms with Crippen molar-refractivity contribution in [2.45, 2.75) is 31.1 Å². The number of likely N-dealkylation sites (tertiary alicyclic amines) is 1. The Morgan fingerprint density at radius 3 is 2.11 bits per heavy atom. The third-order valence-corrected chi connectivity index (χ3v) is 8.71. The first-order chi connectivity index (χ1) is 21.1. The van der Waals surface area contributed by atoms with Crippen LogP contribution in [-0.4, -0.2) is 62.4 Å². The van der Waals surface area contributed by atoms with E-state index in [4.69, 9.17) is 9.47 Å². The highest BCUT2D eigenvalue weighted by molar-refractivity contribution is 7.92. The number of carbonyl (C=O) groups excluding carboxylic acids is 2. The summed E-state index contributed by atoms with van der Waals surface area (Å²) in [7, 11) is -1.09. The van der Waals surface area contributed by atoms with Crippen molar-refractivity contribution in [3.8, 4) is 11.5 Å². The zero-order valence-corrected chi connectivity index (χ0v) is 25.5. The first-order valence-corrected chi connectivity index (χ1v) is 15.6. The predicted octanol–water partition coefficient (Wildman–Crippen LogP) is 4.78. The lowest BCUT2D eigenvalue weighted by molar-refractivity contribution is -0.130. The van der Waals surface area contributed by atoms with E-state index < -0.39 is 10.0 Å². The number of ether oxygens (including phenoxy) is 2. The molecule has 1 aromatic heterocycles. The molecule has 0 unspecified atom stereocenters. The minimum Gasteiger partial charge on any atom is -0.497 e. The zero-order valence-electron chi connectivity index (χ0n) is 24.7. The summed E-state index contributed by atoms with van der Waals surface area (Å²) in [5, 5.41) is 5.95. The van der Waals surface area contributed by atoms with Gasteiger partial charge in [0.2, 0.25) is 11.8 Å². The number of hydrogen-bond acceptors (Lipinski definition) is 9. The summed E-state index contributed by atoms with van der Waals surface area (Å²) in [4.78, 5) is 35.2. The number of piperidine rings is 1. The largest absolute Gasteiger partial charge is 0.497 e. The Kier molecular flexibility index (Phi) is 9.14. The van der Waals surface area contributed by atoms with Crippen LogP contribution in [0.1, 0.15) is 26.2 Å². The number of fused-ring (bicyclic) bond motifs is 1. The molecule has 0 atom stereocenters. The molecule has 2 amide bonds. The van der Waals surface area contributed by atoms with Gasteiger partial charge in [0.25, 0.3) is 10.0 Å². The highest BCUT2D eigenvalue weighted by Crippen LogP contribution is 2.32.